The number of unbranched alkanes of at least 4 members (excludes halogenated alkanes) is 1. The van der Waals surface area contributed by atoms with Crippen LogP contribution in [0.15, 0.2) is 0 Å². The second-order valence-corrected chi connectivity index (χ2v) is 8.92. The minimum Gasteiger partial charge on any atom is -0.519 e. The minimum atomic E-state index is -1.79. The zero-order chi connectivity index (χ0) is 13.1. The van der Waals surface area contributed by atoms with Crippen molar-refractivity contribution in [2.75, 3.05) is 0 Å². The average Bonchev–Trinajstić information content (AvgIpc) is 2.27. The van der Waals surface area contributed by atoms with Crippen LogP contribution in [-0.4, -0.2) is 14.3 Å². The summed E-state index contributed by atoms with van der Waals surface area (Å²) < 4.78 is 5.91. The van der Waals surface area contributed by atoms with Crippen molar-refractivity contribution in [3.8, 4) is 0 Å². The predicted molar refractivity (Wildman–Crippen MR) is 76.3 cm³/mol. The maximum Gasteiger partial charge on any atom is 0.296 e. The van der Waals surface area contributed by atoms with E-state index in [1.165, 1.54) is 0 Å². The molecular formula is C14H29O2Si. The van der Waals surface area contributed by atoms with Crippen LogP contribution in [-0.2, 0) is 9.22 Å². The summed E-state index contributed by atoms with van der Waals surface area (Å²) in [5.41, 5.74) is 0. The number of hydrogen-bond donors (Lipinski definition) is 0. The fourth-order valence-corrected chi connectivity index (χ4v) is 6.71. The molecule has 0 atom stereocenters. The van der Waals surface area contributed by atoms with Crippen molar-refractivity contribution in [1.82, 2.24) is 0 Å². The third kappa shape index (κ3) is 6.87. The topological polar surface area (TPSA) is 26.3 Å². The number of carbonyl (C=O) groups is 1. The standard InChI is InChI=1S/C14H29O2Si/c1-5-9-10-14(15)16-17(11-6-2,12-7-3)13-8-4/h10H,5-9,11-13H2,1-4H3. The Morgan fingerprint density at radius 2 is 1.41 bits per heavy atom. The van der Waals surface area contributed by atoms with E-state index in [0.29, 0.717) is 0 Å². The zero-order valence-electron chi connectivity index (χ0n) is 12.1. The van der Waals surface area contributed by atoms with E-state index in [0.717, 1.165) is 50.2 Å². The molecular weight excluding hydrogens is 228 g/mol. The maximum absolute atomic E-state index is 11.8. The monoisotopic (exact) mass is 257 g/mol. The summed E-state index contributed by atoms with van der Waals surface area (Å²) >= 11 is 0. The van der Waals surface area contributed by atoms with Crippen LogP contribution in [0.4, 0.5) is 0 Å². The summed E-state index contributed by atoms with van der Waals surface area (Å²) in [6.07, 6.45) is 6.98. The van der Waals surface area contributed by atoms with E-state index in [4.69, 9.17) is 4.43 Å². The second kappa shape index (κ2) is 9.69. The number of carbonyl (C=O) groups excluding carboxylic acids is 1. The van der Waals surface area contributed by atoms with Gasteiger partial charge in [0.1, 0.15) is 0 Å². The molecule has 0 spiro atoms. The lowest BCUT2D eigenvalue weighted by Gasteiger charge is -2.30. The molecule has 0 N–H and O–H groups in total. The fourth-order valence-electron chi connectivity index (χ4n) is 2.41. The largest absolute Gasteiger partial charge is 0.519 e. The number of rotatable bonds is 10. The van der Waals surface area contributed by atoms with E-state index in [9.17, 15) is 4.79 Å². The van der Waals surface area contributed by atoms with E-state index in [2.05, 4.69) is 27.7 Å². The Morgan fingerprint density at radius 3 is 1.76 bits per heavy atom. The lowest BCUT2D eigenvalue weighted by Crippen LogP contribution is -2.40. The minimum absolute atomic E-state index is 0.0612. The van der Waals surface area contributed by atoms with Gasteiger partial charge in [0.05, 0.1) is 6.42 Å². The molecule has 1 radical (unpaired) electrons. The molecule has 0 bridgehead atoms. The van der Waals surface area contributed by atoms with Crippen LogP contribution in [0, 0.1) is 6.42 Å². The lowest BCUT2D eigenvalue weighted by atomic mass is 10.3. The highest BCUT2D eigenvalue weighted by atomic mass is 28.4. The molecule has 0 saturated heterocycles. The highest BCUT2D eigenvalue weighted by molar-refractivity contribution is 6.75. The van der Waals surface area contributed by atoms with Crippen LogP contribution in [0.5, 0.6) is 0 Å². The molecule has 0 aromatic carbocycles. The Bertz CT molecular complexity index is 187. The molecule has 0 rings (SSSR count). The SMILES string of the molecule is CCC[CH]C(=O)O[Si](CCC)(CCC)CCC. The molecule has 0 aliphatic rings. The van der Waals surface area contributed by atoms with Crippen molar-refractivity contribution in [2.45, 2.75) is 77.9 Å². The Morgan fingerprint density at radius 1 is 0.941 bits per heavy atom. The number of hydrogen-bond acceptors (Lipinski definition) is 2. The highest BCUT2D eigenvalue weighted by Crippen LogP contribution is 2.28. The van der Waals surface area contributed by atoms with Gasteiger partial charge in [-0.15, -0.1) is 0 Å². The molecule has 0 fully saturated rings. The van der Waals surface area contributed by atoms with Gasteiger partial charge in [0.2, 0.25) is 0 Å². The van der Waals surface area contributed by atoms with Gasteiger partial charge in [-0.2, -0.15) is 0 Å². The molecule has 0 aliphatic heterocycles. The van der Waals surface area contributed by atoms with E-state index in [1.54, 1.807) is 6.42 Å². The van der Waals surface area contributed by atoms with Crippen LogP contribution in [0.3, 0.4) is 0 Å². The summed E-state index contributed by atoms with van der Waals surface area (Å²) in [5, 5.41) is 0. The van der Waals surface area contributed by atoms with Gasteiger partial charge in [-0.3, -0.25) is 4.79 Å². The van der Waals surface area contributed by atoms with E-state index in [1.807, 2.05) is 0 Å². The first-order chi connectivity index (χ1) is 8.14. The van der Waals surface area contributed by atoms with Gasteiger partial charge < -0.3 is 4.43 Å². The van der Waals surface area contributed by atoms with Crippen molar-refractivity contribution in [3.05, 3.63) is 6.42 Å². The van der Waals surface area contributed by atoms with Crippen LogP contribution in [0.1, 0.15) is 59.8 Å². The normalized spacial score (nSPS) is 11.5. The van der Waals surface area contributed by atoms with Gasteiger partial charge in [0, 0.05) is 0 Å². The molecule has 0 heterocycles. The van der Waals surface area contributed by atoms with Crippen molar-refractivity contribution in [2.24, 2.45) is 0 Å². The summed E-state index contributed by atoms with van der Waals surface area (Å²) in [4.78, 5) is 11.8. The summed E-state index contributed by atoms with van der Waals surface area (Å²) in [6.45, 7) is 8.66. The van der Waals surface area contributed by atoms with E-state index >= 15 is 0 Å². The summed E-state index contributed by atoms with van der Waals surface area (Å²) in [6, 6.07) is 3.38. The fraction of sp³-hybridized carbons (Fsp3) is 0.857. The third-order valence-corrected chi connectivity index (χ3v) is 7.90. The first-order valence-corrected chi connectivity index (χ1v) is 9.73. The van der Waals surface area contributed by atoms with Gasteiger partial charge in [-0.25, -0.2) is 0 Å². The van der Waals surface area contributed by atoms with Gasteiger partial charge in [0.15, 0.2) is 0 Å². The molecule has 17 heavy (non-hydrogen) atoms. The third-order valence-electron chi connectivity index (χ3n) is 3.03. The van der Waals surface area contributed by atoms with E-state index in [-0.39, 0.29) is 5.97 Å². The first kappa shape index (κ1) is 16.7. The highest BCUT2D eigenvalue weighted by Gasteiger charge is 2.35. The predicted octanol–water partition coefficient (Wildman–Crippen LogP) is 4.71. The maximum atomic E-state index is 11.8. The molecule has 0 aromatic rings. The first-order valence-electron chi connectivity index (χ1n) is 7.20. The quantitative estimate of drug-likeness (QED) is 0.530. The Kier molecular flexibility index (Phi) is 9.51. The van der Waals surface area contributed by atoms with Crippen molar-refractivity contribution in [3.63, 3.8) is 0 Å². The van der Waals surface area contributed by atoms with Crippen LogP contribution in [0.25, 0.3) is 0 Å². The lowest BCUT2D eigenvalue weighted by molar-refractivity contribution is -0.131. The van der Waals surface area contributed by atoms with Gasteiger partial charge in [-0.1, -0.05) is 53.4 Å². The van der Waals surface area contributed by atoms with Crippen LogP contribution >= 0.6 is 0 Å². The molecule has 3 heteroatoms. The van der Waals surface area contributed by atoms with Crippen molar-refractivity contribution < 1.29 is 9.22 Å². The summed E-state index contributed by atoms with van der Waals surface area (Å²) in [5.74, 6) is -0.0612. The van der Waals surface area contributed by atoms with Crippen molar-refractivity contribution in [1.29, 1.82) is 0 Å². The molecule has 101 valence electrons. The van der Waals surface area contributed by atoms with Gasteiger partial charge in [-0.05, 0) is 24.6 Å². The van der Waals surface area contributed by atoms with Gasteiger partial charge >= 0.3 is 0 Å². The molecule has 0 amide bonds. The average molecular weight is 257 g/mol. The Balaban J connectivity index is 4.46. The second-order valence-electron chi connectivity index (χ2n) is 4.85. The Hall–Kier alpha value is -0.313. The molecule has 0 aromatic heterocycles. The smallest absolute Gasteiger partial charge is 0.296 e. The van der Waals surface area contributed by atoms with Gasteiger partial charge in [0.25, 0.3) is 14.3 Å². The molecule has 2 nitrogen and oxygen atoms in total. The molecule has 0 aliphatic carbocycles. The van der Waals surface area contributed by atoms with E-state index < -0.39 is 8.32 Å². The summed E-state index contributed by atoms with van der Waals surface area (Å²) in [7, 11) is -1.79. The van der Waals surface area contributed by atoms with Crippen LogP contribution < -0.4 is 0 Å². The van der Waals surface area contributed by atoms with Crippen LogP contribution in [0.2, 0.25) is 18.1 Å². The molecule has 0 unspecified atom stereocenters. The molecule has 0 saturated carbocycles. The zero-order valence-corrected chi connectivity index (χ0v) is 13.1. The van der Waals surface area contributed by atoms with Crippen molar-refractivity contribution >= 4 is 14.3 Å². The Labute approximate surface area is 108 Å².